The van der Waals surface area contributed by atoms with E-state index in [1.54, 1.807) is 24.3 Å². The van der Waals surface area contributed by atoms with Crippen molar-refractivity contribution in [3.05, 3.63) is 29.8 Å². The summed E-state index contributed by atoms with van der Waals surface area (Å²) in [4.78, 5) is 11.2. The number of hydrogen-bond acceptors (Lipinski definition) is 3. The van der Waals surface area contributed by atoms with Gasteiger partial charge in [-0.2, -0.15) is 0 Å². The van der Waals surface area contributed by atoms with Crippen LogP contribution in [0.1, 0.15) is 37.2 Å². The maximum atomic E-state index is 11.2. The molecule has 4 heteroatoms. The van der Waals surface area contributed by atoms with E-state index < -0.39 is 11.9 Å². The standard InChI is InChI=1S/C13H20N2O2/c14-9-3-1-2-4-12(13(16)17)10-5-7-11(15)8-6-10/h5-8,12H,1-4,9,14-15H2,(H,16,17). The minimum absolute atomic E-state index is 0.437. The number of rotatable bonds is 7. The second-order valence-corrected chi connectivity index (χ2v) is 4.20. The van der Waals surface area contributed by atoms with Gasteiger partial charge in [-0.25, -0.2) is 0 Å². The first-order valence-corrected chi connectivity index (χ1v) is 5.93. The van der Waals surface area contributed by atoms with E-state index in [9.17, 15) is 9.90 Å². The monoisotopic (exact) mass is 236 g/mol. The molecule has 0 aliphatic heterocycles. The predicted octanol–water partition coefficient (Wildman–Crippen LogP) is 1.96. The first kappa shape index (κ1) is 13.5. The van der Waals surface area contributed by atoms with Gasteiger partial charge in [-0.1, -0.05) is 25.0 Å². The van der Waals surface area contributed by atoms with Crippen LogP contribution >= 0.6 is 0 Å². The molecule has 4 nitrogen and oxygen atoms in total. The fraction of sp³-hybridized carbons (Fsp3) is 0.462. The average Bonchev–Trinajstić information content (AvgIpc) is 2.30. The largest absolute Gasteiger partial charge is 0.481 e. The van der Waals surface area contributed by atoms with Crippen LogP contribution in [-0.4, -0.2) is 17.6 Å². The van der Waals surface area contributed by atoms with Gasteiger partial charge in [-0.3, -0.25) is 4.79 Å². The van der Waals surface area contributed by atoms with Crippen LogP contribution in [0.4, 0.5) is 5.69 Å². The van der Waals surface area contributed by atoms with Gasteiger partial charge in [-0.05, 0) is 37.1 Å². The molecule has 0 amide bonds. The molecule has 1 unspecified atom stereocenters. The van der Waals surface area contributed by atoms with Crippen LogP contribution in [0.25, 0.3) is 0 Å². The first-order chi connectivity index (χ1) is 8.15. The Morgan fingerprint density at radius 3 is 2.35 bits per heavy atom. The molecule has 5 N–H and O–H groups in total. The minimum Gasteiger partial charge on any atom is -0.481 e. The van der Waals surface area contributed by atoms with Gasteiger partial charge in [-0.15, -0.1) is 0 Å². The molecule has 1 rings (SSSR count). The van der Waals surface area contributed by atoms with Crippen LogP contribution in [-0.2, 0) is 4.79 Å². The summed E-state index contributed by atoms with van der Waals surface area (Å²) in [6.07, 6.45) is 3.47. The number of carboxylic acid groups (broad SMARTS) is 1. The maximum Gasteiger partial charge on any atom is 0.310 e. The van der Waals surface area contributed by atoms with E-state index in [1.807, 2.05) is 0 Å². The SMILES string of the molecule is NCCCCCC(C(=O)O)c1ccc(N)cc1. The Labute approximate surface area is 102 Å². The van der Waals surface area contributed by atoms with Gasteiger partial charge in [0, 0.05) is 5.69 Å². The summed E-state index contributed by atoms with van der Waals surface area (Å²) in [6, 6.07) is 7.06. The molecular formula is C13H20N2O2. The van der Waals surface area contributed by atoms with Crippen LogP contribution in [0.5, 0.6) is 0 Å². The van der Waals surface area contributed by atoms with Gasteiger partial charge in [0.15, 0.2) is 0 Å². The number of aliphatic carboxylic acids is 1. The number of anilines is 1. The van der Waals surface area contributed by atoms with Crippen LogP contribution in [0.2, 0.25) is 0 Å². The van der Waals surface area contributed by atoms with Crippen molar-refractivity contribution in [2.45, 2.75) is 31.6 Å². The summed E-state index contributed by atoms with van der Waals surface area (Å²) in [5.41, 5.74) is 12.5. The van der Waals surface area contributed by atoms with E-state index in [0.29, 0.717) is 18.7 Å². The molecule has 0 aliphatic rings. The lowest BCUT2D eigenvalue weighted by molar-refractivity contribution is -0.139. The molecule has 1 aromatic rings. The van der Waals surface area contributed by atoms with Crippen molar-refractivity contribution in [3.63, 3.8) is 0 Å². The van der Waals surface area contributed by atoms with Gasteiger partial charge in [0.25, 0.3) is 0 Å². The number of nitrogens with two attached hydrogens (primary N) is 2. The van der Waals surface area contributed by atoms with E-state index in [4.69, 9.17) is 11.5 Å². The molecule has 1 aromatic carbocycles. The molecule has 94 valence electrons. The Balaban J connectivity index is 2.59. The van der Waals surface area contributed by atoms with Crippen molar-refractivity contribution >= 4 is 11.7 Å². The van der Waals surface area contributed by atoms with Crippen LogP contribution in [0.3, 0.4) is 0 Å². The van der Waals surface area contributed by atoms with E-state index in [0.717, 1.165) is 24.8 Å². The van der Waals surface area contributed by atoms with E-state index in [-0.39, 0.29) is 0 Å². The molecule has 0 bridgehead atoms. The molecule has 0 fully saturated rings. The van der Waals surface area contributed by atoms with Crippen LogP contribution in [0, 0.1) is 0 Å². The Morgan fingerprint density at radius 2 is 1.82 bits per heavy atom. The van der Waals surface area contributed by atoms with Gasteiger partial charge >= 0.3 is 5.97 Å². The van der Waals surface area contributed by atoms with Crippen molar-refractivity contribution in [1.29, 1.82) is 0 Å². The third-order valence-electron chi connectivity index (χ3n) is 2.83. The van der Waals surface area contributed by atoms with Gasteiger partial charge < -0.3 is 16.6 Å². The molecule has 0 aliphatic carbocycles. The highest BCUT2D eigenvalue weighted by atomic mass is 16.4. The van der Waals surface area contributed by atoms with Crippen molar-refractivity contribution in [3.8, 4) is 0 Å². The summed E-state index contributed by atoms with van der Waals surface area (Å²) in [5, 5.41) is 9.20. The Morgan fingerprint density at radius 1 is 1.18 bits per heavy atom. The Kier molecular flexibility index (Phi) is 5.49. The molecule has 17 heavy (non-hydrogen) atoms. The number of hydrogen-bond donors (Lipinski definition) is 3. The summed E-state index contributed by atoms with van der Waals surface area (Å²) < 4.78 is 0. The van der Waals surface area contributed by atoms with Gasteiger partial charge in [0.2, 0.25) is 0 Å². The fourth-order valence-corrected chi connectivity index (χ4v) is 1.83. The summed E-state index contributed by atoms with van der Waals surface area (Å²) in [7, 11) is 0. The summed E-state index contributed by atoms with van der Waals surface area (Å²) in [5.74, 6) is -1.21. The number of unbranched alkanes of at least 4 members (excludes halogenated alkanes) is 2. The minimum atomic E-state index is -0.775. The zero-order chi connectivity index (χ0) is 12.7. The highest BCUT2D eigenvalue weighted by Crippen LogP contribution is 2.23. The van der Waals surface area contributed by atoms with E-state index in [1.165, 1.54) is 0 Å². The summed E-state index contributed by atoms with van der Waals surface area (Å²) in [6.45, 7) is 0.666. The van der Waals surface area contributed by atoms with E-state index >= 15 is 0 Å². The summed E-state index contributed by atoms with van der Waals surface area (Å²) >= 11 is 0. The molecule has 0 saturated heterocycles. The lowest BCUT2D eigenvalue weighted by Crippen LogP contribution is -2.12. The first-order valence-electron chi connectivity index (χ1n) is 5.93. The topological polar surface area (TPSA) is 89.3 Å². The lowest BCUT2D eigenvalue weighted by Gasteiger charge is -2.12. The molecule has 0 heterocycles. The smallest absolute Gasteiger partial charge is 0.310 e. The third kappa shape index (κ3) is 4.44. The Hall–Kier alpha value is -1.55. The number of carboxylic acids is 1. The highest BCUT2D eigenvalue weighted by Gasteiger charge is 2.18. The molecular weight excluding hydrogens is 216 g/mol. The van der Waals surface area contributed by atoms with Crippen molar-refractivity contribution < 1.29 is 9.90 Å². The fourth-order valence-electron chi connectivity index (χ4n) is 1.83. The molecule has 0 radical (unpaired) electrons. The van der Waals surface area contributed by atoms with Crippen molar-refractivity contribution in [2.24, 2.45) is 5.73 Å². The Bertz CT molecular complexity index is 349. The normalized spacial score (nSPS) is 12.3. The average molecular weight is 236 g/mol. The molecule has 0 saturated carbocycles. The van der Waals surface area contributed by atoms with Crippen molar-refractivity contribution in [1.82, 2.24) is 0 Å². The molecule has 0 spiro atoms. The number of carbonyl (C=O) groups is 1. The second-order valence-electron chi connectivity index (χ2n) is 4.20. The van der Waals surface area contributed by atoms with Crippen LogP contribution < -0.4 is 11.5 Å². The molecule has 0 aromatic heterocycles. The maximum absolute atomic E-state index is 11.2. The molecule has 1 atom stereocenters. The second kappa shape index (κ2) is 6.91. The van der Waals surface area contributed by atoms with E-state index in [2.05, 4.69) is 0 Å². The lowest BCUT2D eigenvalue weighted by atomic mass is 9.93. The number of benzene rings is 1. The third-order valence-corrected chi connectivity index (χ3v) is 2.83. The quantitative estimate of drug-likeness (QED) is 0.498. The zero-order valence-corrected chi connectivity index (χ0v) is 9.93. The van der Waals surface area contributed by atoms with Crippen LogP contribution in [0.15, 0.2) is 24.3 Å². The van der Waals surface area contributed by atoms with Gasteiger partial charge in [0.05, 0.1) is 5.92 Å². The number of nitrogen functional groups attached to an aromatic ring is 1. The highest BCUT2D eigenvalue weighted by molar-refractivity contribution is 5.76. The van der Waals surface area contributed by atoms with Gasteiger partial charge in [0.1, 0.15) is 0 Å². The zero-order valence-electron chi connectivity index (χ0n) is 9.93. The van der Waals surface area contributed by atoms with Crippen molar-refractivity contribution in [2.75, 3.05) is 12.3 Å². The predicted molar refractivity (Wildman–Crippen MR) is 68.8 cm³/mol.